The maximum atomic E-state index is 12.5. The zero-order valence-electron chi connectivity index (χ0n) is 16.4. The maximum Gasteiger partial charge on any atom is 0.240 e. The highest BCUT2D eigenvalue weighted by Gasteiger charge is 2.45. The van der Waals surface area contributed by atoms with Gasteiger partial charge in [-0.25, -0.2) is 13.1 Å². The predicted molar refractivity (Wildman–Crippen MR) is 110 cm³/mol. The minimum absolute atomic E-state index is 0.00509. The third kappa shape index (κ3) is 5.42. The quantitative estimate of drug-likeness (QED) is 0.550. The monoisotopic (exact) mass is 420 g/mol. The first-order valence-electron chi connectivity index (χ1n) is 9.65. The van der Waals surface area contributed by atoms with Gasteiger partial charge in [-0.15, -0.1) is 0 Å². The summed E-state index contributed by atoms with van der Waals surface area (Å²) in [4.78, 5) is 2.14. The first kappa shape index (κ1) is 21.9. The normalized spacial score (nSPS) is 24.8. The summed E-state index contributed by atoms with van der Waals surface area (Å²) in [5.41, 5.74) is 1.17. The Hall–Kier alpha value is -1.81. The first-order valence-corrected chi connectivity index (χ1v) is 11.1. The van der Waals surface area contributed by atoms with Crippen molar-refractivity contribution < 1.29 is 23.4 Å². The van der Waals surface area contributed by atoms with Crippen LogP contribution in [0.3, 0.4) is 0 Å². The Morgan fingerprint density at radius 1 is 1.03 bits per heavy atom. The molecule has 0 aliphatic carbocycles. The second kappa shape index (κ2) is 9.80. The van der Waals surface area contributed by atoms with E-state index in [1.807, 2.05) is 42.3 Å². The summed E-state index contributed by atoms with van der Waals surface area (Å²) in [6.45, 7) is 0.340. The number of rotatable bonds is 9. The van der Waals surface area contributed by atoms with Crippen LogP contribution in [0.5, 0.6) is 0 Å². The van der Waals surface area contributed by atoms with Gasteiger partial charge in [-0.05, 0) is 31.2 Å². The summed E-state index contributed by atoms with van der Waals surface area (Å²) < 4.78 is 33.4. The van der Waals surface area contributed by atoms with Crippen LogP contribution in [0.1, 0.15) is 5.56 Å². The smallest absolute Gasteiger partial charge is 0.240 e. The molecule has 2 aromatic carbocycles. The fourth-order valence-corrected chi connectivity index (χ4v) is 4.73. The highest BCUT2D eigenvalue weighted by molar-refractivity contribution is 7.89. The minimum Gasteiger partial charge on any atom is -0.394 e. The fraction of sp³-hybridized carbons (Fsp3) is 0.429. The molecule has 0 spiro atoms. The second-order valence-electron chi connectivity index (χ2n) is 7.26. The van der Waals surface area contributed by atoms with Crippen molar-refractivity contribution in [3.63, 3.8) is 0 Å². The largest absolute Gasteiger partial charge is 0.394 e. The highest BCUT2D eigenvalue weighted by Crippen LogP contribution is 2.25. The van der Waals surface area contributed by atoms with Gasteiger partial charge in [-0.1, -0.05) is 48.5 Å². The standard InChI is InChI=1S/C21H28N2O5S/c1-23(13-12-16-8-4-2-5-9-16)20-18(28-19(15-24)21(20)25)14-22-29(26,27)17-10-6-3-7-11-17/h2-11,18-22,24-25H,12-15H2,1H3/t18-,19+,20-,21-/m1/s1. The van der Waals surface area contributed by atoms with Crippen molar-refractivity contribution in [1.82, 2.24) is 9.62 Å². The molecule has 0 radical (unpaired) electrons. The molecule has 2 aromatic rings. The summed E-state index contributed by atoms with van der Waals surface area (Å²) >= 11 is 0. The lowest BCUT2D eigenvalue weighted by atomic mass is 10.0. The Morgan fingerprint density at radius 2 is 1.66 bits per heavy atom. The van der Waals surface area contributed by atoms with E-state index in [9.17, 15) is 18.6 Å². The summed E-state index contributed by atoms with van der Waals surface area (Å²) in [5, 5.41) is 20.2. The molecule has 0 bridgehead atoms. The van der Waals surface area contributed by atoms with Gasteiger partial charge in [0.05, 0.1) is 23.6 Å². The van der Waals surface area contributed by atoms with Crippen molar-refractivity contribution in [2.24, 2.45) is 0 Å². The molecule has 158 valence electrons. The number of hydrogen-bond donors (Lipinski definition) is 3. The van der Waals surface area contributed by atoms with Gasteiger partial charge in [-0.3, -0.25) is 4.90 Å². The van der Waals surface area contributed by atoms with Crippen molar-refractivity contribution in [3.8, 4) is 0 Å². The van der Waals surface area contributed by atoms with Gasteiger partial charge in [0.15, 0.2) is 0 Å². The molecule has 3 rings (SSSR count). The van der Waals surface area contributed by atoms with Crippen LogP contribution in [0.4, 0.5) is 0 Å². The van der Waals surface area contributed by atoms with Gasteiger partial charge >= 0.3 is 0 Å². The summed E-state index contributed by atoms with van der Waals surface area (Å²) in [6, 6.07) is 17.7. The van der Waals surface area contributed by atoms with E-state index in [2.05, 4.69) is 4.72 Å². The van der Waals surface area contributed by atoms with Crippen LogP contribution in [-0.4, -0.2) is 74.6 Å². The van der Waals surface area contributed by atoms with Gasteiger partial charge < -0.3 is 14.9 Å². The van der Waals surface area contributed by atoms with Crippen LogP contribution < -0.4 is 4.72 Å². The zero-order chi connectivity index (χ0) is 20.9. The molecule has 3 N–H and O–H groups in total. The van der Waals surface area contributed by atoms with Gasteiger partial charge in [0.2, 0.25) is 10.0 Å². The number of sulfonamides is 1. The number of likely N-dealkylation sites (N-methyl/N-ethyl adjacent to an activating group) is 1. The molecule has 8 heteroatoms. The first-order chi connectivity index (χ1) is 13.9. The summed E-state index contributed by atoms with van der Waals surface area (Å²) in [5.74, 6) is 0. The number of nitrogens with zero attached hydrogens (tertiary/aromatic N) is 1. The molecule has 1 aliphatic heterocycles. The Kier molecular flexibility index (Phi) is 7.39. The molecule has 4 atom stereocenters. The number of aliphatic hydroxyl groups excluding tert-OH is 2. The topological polar surface area (TPSA) is 99.1 Å². The molecular weight excluding hydrogens is 392 g/mol. The highest BCUT2D eigenvalue weighted by atomic mass is 32.2. The van der Waals surface area contributed by atoms with Crippen LogP contribution in [0, 0.1) is 0 Å². The van der Waals surface area contributed by atoms with E-state index in [1.165, 1.54) is 17.7 Å². The lowest BCUT2D eigenvalue weighted by Gasteiger charge is -2.30. The van der Waals surface area contributed by atoms with Gasteiger partial charge in [0.25, 0.3) is 0 Å². The van der Waals surface area contributed by atoms with E-state index in [1.54, 1.807) is 18.2 Å². The van der Waals surface area contributed by atoms with E-state index in [0.717, 1.165) is 6.42 Å². The van der Waals surface area contributed by atoms with Crippen molar-refractivity contribution in [1.29, 1.82) is 0 Å². The van der Waals surface area contributed by atoms with E-state index in [0.29, 0.717) is 6.54 Å². The lowest BCUT2D eigenvalue weighted by Crippen LogP contribution is -2.50. The molecule has 29 heavy (non-hydrogen) atoms. The number of hydrogen-bond acceptors (Lipinski definition) is 6. The Balaban J connectivity index is 1.66. The molecule has 0 amide bonds. The Morgan fingerprint density at radius 3 is 2.28 bits per heavy atom. The molecule has 0 aromatic heterocycles. The third-order valence-corrected chi connectivity index (χ3v) is 6.71. The average Bonchev–Trinajstić information content (AvgIpc) is 3.07. The fourth-order valence-electron chi connectivity index (χ4n) is 3.66. The van der Waals surface area contributed by atoms with Crippen LogP contribution in [0.25, 0.3) is 0 Å². The molecule has 7 nitrogen and oxygen atoms in total. The van der Waals surface area contributed by atoms with E-state index in [-0.39, 0.29) is 18.0 Å². The van der Waals surface area contributed by atoms with Crippen LogP contribution in [-0.2, 0) is 21.2 Å². The zero-order valence-corrected chi connectivity index (χ0v) is 17.2. The lowest BCUT2D eigenvalue weighted by molar-refractivity contribution is -0.0201. The maximum absolute atomic E-state index is 12.5. The molecular formula is C21H28N2O5S. The van der Waals surface area contributed by atoms with Crippen LogP contribution >= 0.6 is 0 Å². The van der Waals surface area contributed by atoms with E-state index >= 15 is 0 Å². The molecule has 1 heterocycles. The van der Waals surface area contributed by atoms with Crippen molar-refractivity contribution in [2.75, 3.05) is 26.7 Å². The minimum atomic E-state index is -3.69. The van der Waals surface area contributed by atoms with E-state index < -0.39 is 34.4 Å². The molecule has 1 aliphatic rings. The number of aliphatic hydroxyl groups is 2. The second-order valence-corrected chi connectivity index (χ2v) is 9.02. The Bertz CT molecular complexity index is 863. The van der Waals surface area contributed by atoms with Gasteiger partial charge in [0, 0.05) is 13.1 Å². The van der Waals surface area contributed by atoms with Crippen molar-refractivity contribution in [2.45, 2.75) is 35.7 Å². The molecule has 0 saturated carbocycles. The molecule has 0 unspecified atom stereocenters. The van der Waals surface area contributed by atoms with E-state index in [4.69, 9.17) is 4.74 Å². The average molecular weight is 421 g/mol. The molecule has 1 fully saturated rings. The number of nitrogens with one attached hydrogen (secondary N) is 1. The molecule has 1 saturated heterocycles. The van der Waals surface area contributed by atoms with Crippen molar-refractivity contribution in [3.05, 3.63) is 66.2 Å². The summed E-state index contributed by atoms with van der Waals surface area (Å²) in [7, 11) is -1.81. The SMILES string of the molecule is CN(CCc1ccccc1)[C@H]1[C@H](O)[C@H](CO)O[C@@H]1CNS(=O)(=O)c1ccccc1. The summed E-state index contributed by atoms with van der Waals surface area (Å²) in [6.07, 6.45) is -1.45. The number of benzene rings is 2. The third-order valence-electron chi connectivity index (χ3n) is 5.27. The predicted octanol–water partition coefficient (Wildman–Crippen LogP) is 0.629. The Labute approximate surface area is 172 Å². The van der Waals surface area contributed by atoms with Crippen molar-refractivity contribution >= 4 is 10.0 Å². The van der Waals surface area contributed by atoms with Gasteiger partial charge in [-0.2, -0.15) is 0 Å². The number of ether oxygens (including phenoxy) is 1. The van der Waals surface area contributed by atoms with Crippen LogP contribution in [0.15, 0.2) is 65.6 Å². The van der Waals surface area contributed by atoms with Crippen LogP contribution in [0.2, 0.25) is 0 Å². The van der Waals surface area contributed by atoms with Gasteiger partial charge in [0.1, 0.15) is 12.2 Å².